The predicted octanol–water partition coefficient (Wildman–Crippen LogP) is 1.89. The third-order valence-electron chi connectivity index (χ3n) is 6.27. The summed E-state index contributed by atoms with van der Waals surface area (Å²) < 4.78 is 16.1. The van der Waals surface area contributed by atoms with Crippen molar-refractivity contribution < 1.29 is 9.50 Å². The molecule has 2 N–H and O–H groups in total. The minimum Gasteiger partial charge on any atom is -0.507 e. The number of phenols is 1. The molecule has 2 aliphatic heterocycles. The molecule has 5 rings (SSSR count). The van der Waals surface area contributed by atoms with Crippen molar-refractivity contribution in [3.8, 4) is 28.4 Å². The Morgan fingerprint density at radius 2 is 2.12 bits per heavy atom. The molecule has 2 aromatic heterocycles. The summed E-state index contributed by atoms with van der Waals surface area (Å²) >= 11 is 0. The van der Waals surface area contributed by atoms with Crippen LogP contribution in [0.3, 0.4) is 0 Å². The van der Waals surface area contributed by atoms with Crippen LogP contribution in [0.15, 0.2) is 42.1 Å². The first kappa shape index (κ1) is 20.4. The van der Waals surface area contributed by atoms with Crippen LogP contribution in [-0.2, 0) is 7.05 Å². The molecular formula is C22H22FN7O2. The number of aromatic hydroxyl groups is 1. The number of halogens is 1. The number of benzene rings is 1. The van der Waals surface area contributed by atoms with Crippen molar-refractivity contribution in [1.82, 2.24) is 35.0 Å². The summed E-state index contributed by atoms with van der Waals surface area (Å²) in [5.74, 6) is 0.121. The molecular weight excluding hydrogens is 413 g/mol. The molecule has 0 spiro atoms. The molecule has 2 bridgehead atoms. The van der Waals surface area contributed by atoms with E-state index in [0.29, 0.717) is 40.7 Å². The summed E-state index contributed by atoms with van der Waals surface area (Å²) in [5, 5.41) is 22.1. The summed E-state index contributed by atoms with van der Waals surface area (Å²) in [6.45, 7) is 4.05. The molecule has 9 nitrogen and oxygen atoms in total. The zero-order valence-electron chi connectivity index (χ0n) is 17.4. The second-order valence-corrected chi connectivity index (χ2v) is 8.33. The number of allylic oxidation sites excluding steroid dienone is 1. The molecule has 1 aromatic carbocycles. The van der Waals surface area contributed by atoms with Crippen molar-refractivity contribution in [1.29, 1.82) is 0 Å². The van der Waals surface area contributed by atoms with E-state index in [0.717, 1.165) is 12.8 Å². The minimum absolute atomic E-state index is 0.0757. The standard InChI is InChI=1S/C22H22FN7O2/c1-11(15-8-13-4-6-16(26-13)19(15)23)20-24-9-17(28-29-20)14-5-3-12(7-18(14)31)21-25-10-30(2)22(32)27-21/h3,5,7,9-10,13,15-16,19,26,31H,1,4,6,8H2,2H3/t13?,15-,16?,19+/m0/s1. The first-order valence-electron chi connectivity index (χ1n) is 10.4. The Morgan fingerprint density at radius 3 is 2.84 bits per heavy atom. The fraction of sp³-hybridized carbons (Fsp3) is 0.364. The van der Waals surface area contributed by atoms with Gasteiger partial charge >= 0.3 is 5.69 Å². The summed E-state index contributed by atoms with van der Waals surface area (Å²) in [7, 11) is 1.56. The zero-order chi connectivity index (χ0) is 22.4. The van der Waals surface area contributed by atoms with Crippen LogP contribution in [-0.4, -0.2) is 53.1 Å². The maximum Gasteiger partial charge on any atom is 0.350 e. The molecule has 0 aliphatic carbocycles. The summed E-state index contributed by atoms with van der Waals surface area (Å²) in [5.41, 5.74) is 1.37. The van der Waals surface area contributed by atoms with E-state index < -0.39 is 11.9 Å². The first-order valence-corrected chi connectivity index (χ1v) is 10.4. The van der Waals surface area contributed by atoms with Gasteiger partial charge in [0.1, 0.15) is 23.9 Å². The molecule has 3 aromatic rings. The number of aryl methyl sites for hydroxylation is 1. The van der Waals surface area contributed by atoms with Crippen molar-refractivity contribution in [2.45, 2.75) is 37.5 Å². The Morgan fingerprint density at radius 1 is 1.28 bits per heavy atom. The lowest BCUT2D eigenvalue weighted by molar-refractivity contribution is 0.167. The number of aromatic nitrogens is 6. The fourth-order valence-electron chi connectivity index (χ4n) is 4.47. The van der Waals surface area contributed by atoms with E-state index >= 15 is 0 Å². The van der Waals surface area contributed by atoms with Crippen LogP contribution in [0.2, 0.25) is 0 Å². The van der Waals surface area contributed by atoms with Crippen molar-refractivity contribution >= 4 is 5.57 Å². The second-order valence-electron chi connectivity index (χ2n) is 8.33. The number of rotatable bonds is 4. The highest BCUT2D eigenvalue weighted by molar-refractivity contribution is 5.71. The van der Waals surface area contributed by atoms with Crippen molar-refractivity contribution in [2.24, 2.45) is 13.0 Å². The SMILES string of the molecule is C=C(c1ncc(-c2ccc(-c3ncn(C)c(=O)n3)cc2O)nn1)[C@@H]1CC2CCC(N2)[C@@H]1F. The van der Waals surface area contributed by atoms with Gasteiger partial charge in [-0.25, -0.2) is 19.2 Å². The smallest absolute Gasteiger partial charge is 0.350 e. The number of phenolic OH excluding ortho intramolecular Hbond substituents is 1. The third kappa shape index (κ3) is 3.56. The third-order valence-corrected chi connectivity index (χ3v) is 6.27. The highest BCUT2D eigenvalue weighted by atomic mass is 19.1. The van der Waals surface area contributed by atoms with Gasteiger partial charge in [0.25, 0.3) is 0 Å². The number of alkyl halides is 1. The molecule has 164 valence electrons. The molecule has 2 aliphatic rings. The molecule has 4 atom stereocenters. The Balaban J connectivity index is 1.37. The molecule has 0 radical (unpaired) electrons. The Hall–Kier alpha value is -3.53. The molecule has 2 fully saturated rings. The van der Waals surface area contributed by atoms with Crippen molar-refractivity contribution in [3.05, 3.63) is 53.6 Å². The van der Waals surface area contributed by atoms with E-state index in [9.17, 15) is 14.3 Å². The lowest BCUT2D eigenvalue weighted by Gasteiger charge is -2.33. The molecule has 0 amide bonds. The first-order chi connectivity index (χ1) is 15.4. The van der Waals surface area contributed by atoms with Crippen LogP contribution >= 0.6 is 0 Å². The number of fused-ring (bicyclic) bond motifs is 2. The van der Waals surface area contributed by atoms with Gasteiger partial charge in [0, 0.05) is 36.2 Å². The number of hydrogen-bond acceptors (Lipinski definition) is 8. The van der Waals surface area contributed by atoms with E-state index in [4.69, 9.17) is 0 Å². The van der Waals surface area contributed by atoms with Gasteiger partial charge in [-0.05, 0) is 37.0 Å². The molecule has 32 heavy (non-hydrogen) atoms. The van der Waals surface area contributed by atoms with Crippen molar-refractivity contribution in [2.75, 3.05) is 0 Å². The average molecular weight is 435 g/mol. The maximum atomic E-state index is 14.8. The normalized spacial score (nSPS) is 24.4. The quantitative estimate of drug-likeness (QED) is 0.638. The van der Waals surface area contributed by atoms with Gasteiger partial charge in [0.15, 0.2) is 11.6 Å². The Bertz CT molecular complexity index is 1240. The van der Waals surface area contributed by atoms with Crippen LogP contribution in [0.5, 0.6) is 5.75 Å². The van der Waals surface area contributed by atoms with Gasteiger partial charge in [0.2, 0.25) is 0 Å². The predicted molar refractivity (Wildman–Crippen MR) is 115 cm³/mol. The van der Waals surface area contributed by atoms with Gasteiger partial charge in [-0.2, -0.15) is 4.98 Å². The molecule has 10 heteroatoms. The van der Waals surface area contributed by atoms with Crippen LogP contribution in [0, 0.1) is 5.92 Å². The van der Waals surface area contributed by atoms with E-state index in [2.05, 4.69) is 37.0 Å². The lowest BCUT2D eigenvalue weighted by atomic mass is 9.84. The molecule has 4 heterocycles. The highest BCUT2D eigenvalue weighted by Crippen LogP contribution is 2.39. The van der Waals surface area contributed by atoms with Crippen LogP contribution in [0.4, 0.5) is 4.39 Å². The van der Waals surface area contributed by atoms with E-state index in [1.807, 2.05) is 0 Å². The molecule has 2 saturated heterocycles. The topological polar surface area (TPSA) is 119 Å². The van der Waals surface area contributed by atoms with Crippen LogP contribution < -0.4 is 11.0 Å². The van der Waals surface area contributed by atoms with E-state index in [-0.39, 0.29) is 23.5 Å². The zero-order valence-corrected chi connectivity index (χ0v) is 17.4. The highest BCUT2D eigenvalue weighted by Gasteiger charge is 2.43. The van der Waals surface area contributed by atoms with Gasteiger partial charge < -0.3 is 10.4 Å². The lowest BCUT2D eigenvalue weighted by Crippen LogP contribution is -2.47. The molecule has 0 saturated carbocycles. The van der Waals surface area contributed by atoms with Gasteiger partial charge in [-0.1, -0.05) is 12.6 Å². The van der Waals surface area contributed by atoms with E-state index in [1.165, 1.54) is 23.2 Å². The van der Waals surface area contributed by atoms with Crippen molar-refractivity contribution in [3.63, 3.8) is 0 Å². The van der Waals surface area contributed by atoms with Gasteiger partial charge in [-0.15, -0.1) is 10.2 Å². The maximum absolute atomic E-state index is 14.8. The van der Waals surface area contributed by atoms with Crippen LogP contribution in [0.25, 0.3) is 28.2 Å². The summed E-state index contributed by atoms with van der Waals surface area (Å²) in [6, 6.07) is 4.94. The average Bonchev–Trinajstić information content (AvgIpc) is 3.21. The Labute approximate surface area is 183 Å². The summed E-state index contributed by atoms with van der Waals surface area (Å²) in [4.78, 5) is 24.1. The van der Waals surface area contributed by atoms with E-state index in [1.54, 1.807) is 19.2 Å². The van der Waals surface area contributed by atoms with Gasteiger partial charge in [-0.3, -0.25) is 4.57 Å². The Kier molecular flexibility index (Phi) is 5.01. The minimum atomic E-state index is -1.02. The number of hydrogen-bond donors (Lipinski definition) is 2. The largest absolute Gasteiger partial charge is 0.507 e. The summed E-state index contributed by atoms with van der Waals surface area (Å²) in [6.07, 6.45) is 4.33. The monoisotopic (exact) mass is 435 g/mol. The number of nitrogens with one attached hydrogen (secondary N) is 1. The number of piperidine rings is 1. The number of nitrogens with zero attached hydrogens (tertiary/aromatic N) is 6. The fourth-order valence-corrected chi connectivity index (χ4v) is 4.47. The van der Waals surface area contributed by atoms with Gasteiger partial charge in [0.05, 0.1) is 6.20 Å². The van der Waals surface area contributed by atoms with Crippen LogP contribution in [0.1, 0.15) is 25.1 Å². The molecule has 2 unspecified atom stereocenters. The second kappa shape index (κ2) is 7.86.